The Morgan fingerprint density at radius 2 is 2.62 bits per heavy atom. The van der Waals surface area contributed by atoms with Crippen molar-refractivity contribution < 1.29 is 4.74 Å². The van der Waals surface area contributed by atoms with E-state index in [0.29, 0.717) is 5.44 Å². The standard InChI is InChI=1S/C5H9BOS/c1-2-5-7-4(6)3-8-5/h4-5H,2-3H2,1H3. The Labute approximate surface area is 55.6 Å². The van der Waals surface area contributed by atoms with Gasteiger partial charge in [-0.3, -0.25) is 0 Å². The predicted octanol–water partition coefficient (Wildman–Crippen LogP) is 0.980. The van der Waals surface area contributed by atoms with E-state index in [9.17, 15) is 0 Å². The SMILES string of the molecule is [B]C1CSC(CC)O1. The van der Waals surface area contributed by atoms with Crippen LogP contribution in [0.3, 0.4) is 0 Å². The summed E-state index contributed by atoms with van der Waals surface area (Å²) in [5.41, 5.74) is 0.366. The van der Waals surface area contributed by atoms with Gasteiger partial charge in [0.15, 0.2) is 0 Å². The highest BCUT2D eigenvalue weighted by atomic mass is 32.2. The van der Waals surface area contributed by atoms with Crippen LogP contribution in [0, 0.1) is 0 Å². The molecule has 0 bridgehead atoms. The second kappa shape index (κ2) is 2.78. The van der Waals surface area contributed by atoms with Crippen molar-refractivity contribution in [1.82, 2.24) is 0 Å². The summed E-state index contributed by atoms with van der Waals surface area (Å²) < 4.78 is 5.25. The molecule has 2 atom stereocenters. The minimum Gasteiger partial charge on any atom is -0.373 e. The van der Waals surface area contributed by atoms with Gasteiger partial charge in [0.25, 0.3) is 0 Å². The summed E-state index contributed by atoms with van der Waals surface area (Å²) in [5.74, 6) is 0.957. The minimum atomic E-state index is -0.00931. The zero-order chi connectivity index (χ0) is 5.98. The molecule has 2 radical (unpaired) electrons. The van der Waals surface area contributed by atoms with Crippen LogP contribution >= 0.6 is 11.8 Å². The van der Waals surface area contributed by atoms with E-state index in [-0.39, 0.29) is 6.00 Å². The number of thioether (sulfide) groups is 1. The molecule has 2 unspecified atom stereocenters. The van der Waals surface area contributed by atoms with Gasteiger partial charge in [-0.1, -0.05) is 6.92 Å². The van der Waals surface area contributed by atoms with Gasteiger partial charge in [0, 0.05) is 11.8 Å². The van der Waals surface area contributed by atoms with E-state index in [4.69, 9.17) is 12.6 Å². The molecule has 0 saturated carbocycles. The van der Waals surface area contributed by atoms with Gasteiger partial charge in [0.05, 0.1) is 0 Å². The fourth-order valence-corrected chi connectivity index (χ4v) is 1.63. The van der Waals surface area contributed by atoms with E-state index in [1.807, 2.05) is 0 Å². The Morgan fingerprint density at radius 1 is 1.88 bits per heavy atom. The van der Waals surface area contributed by atoms with Crippen molar-refractivity contribution in [2.75, 3.05) is 5.75 Å². The number of hydrogen-bond donors (Lipinski definition) is 0. The highest BCUT2D eigenvalue weighted by Crippen LogP contribution is 2.25. The smallest absolute Gasteiger partial charge is 0.110 e. The second-order valence-electron chi connectivity index (χ2n) is 1.85. The van der Waals surface area contributed by atoms with Crippen molar-refractivity contribution in [3.8, 4) is 0 Å². The minimum absolute atomic E-state index is 0.00931. The van der Waals surface area contributed by atoms with Crippen LogP contribution in [0.1, 0.15) is 13.3 Å². The monoisotopic (exact) mass is 128 g/mol. The molecule has 0 aromatic carbocycles. The zero-order valence-electron chi connectivity index (χ0n) is 4.96. The maximum atomic E-state index is 5.46. The molecule has 0 spiro atoms. The lowest BCUT2D eigenvalue weighted by molar-refractivity contribution is 0.114. The summed E-state index contributed by atoms with van der Waals surface area (Å²) >= 11 is 1.80. The largest absolute Gasteiger partial charge is 0.373 e. The molecule has 0 aromatic heterocycles. The van der Waals surface area contributed by atoms with Gasteiger partial charge in [-0.25, -0.2) is 0 Å². The Balaban J connectivity index is 2.22. The van der Waals surface area contributed by atoms with Crippen LogP contribution in [0.15, 0.2) is 0 Å². The van der Waals surface area contributed by atoms with Crippen LogP contribution in [0.2, 0.25) is 0 Å². The second-order valence-corrected chi connectivity index (χ2v) is 3.04. The maximum Gasteiger partial charge on any atom is 0.110 e. The Hall–Kier alpha value is 0.375. The highest BCUT2D eigenvalue weighted by Gasteiger charge is 2.19. The van der Waals surface area contributed by atoms with Crippen molar-refractivity contribution in [2.45, 2.75) is 24.8 Å². The molecule has 0 amide bonds. The van der Waals surface area contributed by atoms with Crippen LogP contribution in [0.5, 0.6) is 0 Å². The summed E-state index contributed by atoms with van der Waals surface area (Å²) in [5, 5.41) is 0. The molecular formula is C5H9BOS. The third-order valence-corrected chi connectivity index (χ3v) is 2.44. The zero-order valence-corrected chi connectivity index (χ0v) is 5.78. The summed E-state index contributed by atoms with van der Waals surface area (Å²) in [6.45, 7) is 2.11. The molecule has 8 heavy (non-hydrogen) atoms. The molecule has 1 rings (SSSR count). The first-order valence-corrected chi connectivity index (χ1v) is 3.90. The lowest BCUT2D eigenvalue weighted by atomic mass is 10.0. The van der Waals surface area contributed by atoms with Crippen LogP contribution in [0.25, 0.3) is 0 Å². The first-order chi connectivity index (χ1) is 3.83. The Kier molecular flexibility index (Phi) is 2.26. The number of hydrogen-bond acceptors (Lipinski definition) is 2. The van der Waals surface area contributed by atoms with Gasteiger partial charge in [-0.2, -0.15) is 0 Å². The molecule has 3 heteroatoms. The van der Waals surface area contributed by atoms with E-state index < -0.39 is 0 Å². The molecule has 44 valence electrons. The number of rotatable bonds is 1. The van der Waals surface area contributed by atoms with Gasteiger partial charge >= 0.3 is 0 Å². The average molecular weight is 128 g/mol. The van der Waals surface area contributed by atoms with E-state index in [2.05, 4.69) is 6.92 Å². The predicted molar refractivity (Wildman–Crippen MR) is 37.2 cm³/mol. The van der Waals surface area contributed by atoms with E-state index >= 15 is 0 Å². The van der Waals surface area contributed by atoms with Crippen molar-refractivity contribution >= 4 is 19.6 Å². The van der Waals surface area contributed by atoms with Crippen LogP contribution in [0.4, 0.5) is 0 Å². The first kappa shape index (κ1) is 6.49. The summed E-state index contributed by atoms with van der Waals surface area (Å²) in [6.07, 6.45) is 1.07. The summed E-state index contributed by atoms with van der Waals surface area (Å²) in [6, 6.07) is -0.00931. The van der Waals surface area contributed by atoms with Crippen LogP contribution in [-0.4, -0.2) is 25.0 Å². The fourth-order valence-electron chi connectivity index (χ4n) is 0.690. The molecule has 0 aromatic rings. The van der Waals surface area contributed by atoms with Gasteiger partial charge in [0.2, 0.25) is 0 Å². The average Bonchev–Trinajstić information content (AvgIpc) is 2.14. The maximum absolute atomic E-state index is 5.46. The van der Waals surface area contributed by atoms with Crippen molar-refractivity contribution in [2.24, 2.45) is 0 Å². The van der Waals surface area contributed by atoms with E-state index in [1.165, 1.54) is 0 Å². The topological polar surface area (TPSA) is 9.23 Å². The molecule has 0 aliphatic carbocycles. The molecule has 1 fully saturated rings. The quantitative estimate of drug-likeness (QED) is 0.487. The molecule has 1 aliphatic rings. The molecule has 1 aliphatic heterocycles. The van der Waals surface area contributed by atoms with Gasteiger partial charge in [-0.15, -0.1) is 11.8 Å². The normalized spacial score (nSPS) is 38.1. The van der Waals surface area contributed by atoms with Gasteiger partial charge < -0.3 is 4.74 Å². The van der Waals surface area contributed by atoms with Gasteiger partial charge in [0.1, 0.15) is 13.3 Å². The molecule has 1 heterocycles. The Bertz CT molecular complexity index is 78.8. The fraction of sp³-hybridized carbons (Fsp3) is 1.00. The molecule has 1 nitrogen and oxygen atoms in total. The molecule has 0 N–H and O–H groups in total. The van der Waals surface area contributed by atoms with Crippen LogP contribution in [-0.2, 0) is 4.74 Å². The molecule has 1 saturated heterocycles. The van der Waals surface area contributed by atoms with Gasteiger partial charge in [-0.05, 0) is 6.42 Å². The van der Waals surface area contributed by atoms with Crippen molar-refractivity contribution in [3.63, 3.8) is 0 Å². The third-order valence-electron chi connectivity index (χ3n) is 1.11. The first-order valence-electron chi connectivity index (χ1n) is 2.85. The third kappa shape index (κ3) is 1.42. The van der Waals surface area contributed by atoms with E-state index in [1.54, 1.807) is 11.8 Å². The van der Waals surface area contributed by atoms with Crippen molar-refractivity contribution in [1.29, 1.82) is 0 Å². The highest BCUT2D eigenvalue weighted by molar-refractivity contribution is 8.00. The lowest BCUT2D eigenvalue weighted by Gasteiger charge is -2.04. The van der Waals surface area contributed by atoms with E-state index in [0.717, 1.165) is 12.2 Å². The lowest BCUT2D eigenvalue weighted by Crippen LogP contribution is -2.10. The van der Waals surface area contributed by atoms with Crippen molar-refractivity contribution in [3.05, 3.63) is 0 Å². The summed E-state index contributed by atoms with van der Waals surface area (Å²) in [7, 11) is 5.46. The number of ether oxygens (including phenoxy) is 1. The molecular weight excluding hydrogens is 119 g/mol. The summed E-state index contributed by atoms with van der Waals surface area (Å²) in [4.78, 5) is 0. The van der Waals surface area contributed by atoms with Crippen LogP contribution < -0.4 is 0 Å². The Morgan fingerprint density at radius 3 is 2.88 bits per heavy atom.